The predicted molar refractivity (Wildman–Crippen MR) is 142 cm³/mol. The highest BCUT2D eigenvalue weighted by molar-refractivity contribution is 5.73. The summed E-state index contributed by atoms with van der Waals surface area (Å²) in [4.78, 5) is 11.0. The second kappa shape index (κ2) is 25.2. The van der Waals surface area contributed by atoms with Crippen LogP contribution in [-0.2, 0) is 4.79 Å². The Balaban J connectivity index is 3.46. The molecular weight excluding hydrogens is 410 g/mol. The van der Waals surface area contributed by atoms with Crippen LogP contribution in [0.15, 0.2) is 36.5 Å². The minimum absolute atomic E-state index is 0.257. The van der Waals surface area contributed by atoms with Crippen molar-refractivity contribution in [2.45, 2.75) is 135 Å². The van der Waals surface area contributed by atoms with Gasteiger partial charge in [0.1, 0.15) is 0 Å². The molecule has 0 saturated carbocycles. The van der Waals surface area contributed by atoms with Gasteiger partial charge in [0.15, 0.2) is 0 Å². The number of nitrogens with one attached hydrogen (secondary N) is 1. The van der Waals surface area contributed by atoms with Gasteiger partial charge in [0.25, 0.3) is 0 Å². The maximum Gasteiger partial charge on any atom is 0.217 e. The molecule has 0 saturated heterocycles. The summed E-state index contributed by atoms with van der Waals surface area (Å²) in [7, 11) is 0. The van der Waals surface area contributed by atoms with Crippen molar-refractivity contribution in [3.8, 4) is 0 Å². The largest absolute Gasteiger partial charge is 0.394 e. The fourth-order valence-electron chi connectivity index (χ4n) is 3.83. The van der Waals surface area contributed by atoms with E-state index < -0.39 is 12.1 Å². The molecule has 0 aliphatic rings. The highest BCUT2D eigenvalue weighted by Crippen LogP contribution is 2.12. The van der Waals surface area contributed by atoms with E-state index >= 15 is 0 Å². The molecule has 0 spiro atoms. The molecule has 0 fully saturated rings. The normalized spacial score (nSPS) is 13.9. The third-order valence-corrected chi connectivity index (χ3v) is 5.89. The van der Waals surface area contributed by atoms with Gasteiger partial charge in [0, 0.05) is 6.92 Å². The van der Waals surface area contributed by atoms with Gasteiger partial charge in [-0.1, -0.05) is 114 Å². The number of rotatable bonds is 23. The van der Waals surface area contributed by atoms with Crippen LogP contribution in [0.1, 0.15) is 123 Å². The molecule has 0 heterocycles. The van der Waals surface area contributed by atoms with E-state index in [2.05, 4.69) is 36.5 Å². The number of aliphatic hydroxyl groups excluding tert-OH is 2. The number of carbonyl (C=O) groups excluding carboxylic acids is 1. The van der Waals surface area contributed by atoms with E-state index in [0.29, 0.717) is 0 Å². The molecule has 1 amide bonds. The summed E-state index contributed by atoms with van der Waals surface area (Å²) in [5.41, 5.74) is 0. The highest BCUT2D eigenvalue weighted by Gasteiger charge is 2.15. The van der Waals surface area contributed by atoms with Gasteiger partial charge in [-0.05, 0) is 38.5 Å². The molecule has 2 unspecified atom stereocenters. The minimum Gasteiger partial charge on any atom is -0.394 e. The van der Waals surface area contributed by atoms with Crippen molar-refractivity contribution < 1.29 is 15.0 Å². The van der Waals surface area contributed by atoms with E-state index in [-0.39, 0.29) is 12.5 Å². The Morgan fingerprint density at radius 3 is 1.58 bits per heavy atom. The lowest BCUT2D eigenvalue weighted by molar-refractivity contribution is -0.120. The van der Waals surface area contributed by atoms with Crippen LogP contribution in [0, 0.1) is 0 Å². The maximum atomic E-state index is 11.0. The topological polar surface area (TPSA) is 69.6 Å². The number of amides is 1. The van der Waals surface area contributed by atoms with E-state index in [1.165, 1.54) is 90.4 Å². The first kappa shape index (κ1) is 31.6. The SMILES string of the molecule is CCCCCCCCCCCCCC/C=C/CC/C=C/CC/C=C/C(O)C(CO)NC(C)=O. The average molecular weight is 464 g/mol. The summed E-state index contributed by atoms with van der Waals surface area (Å²) >= 11 is 0. The summed E-state index contributed by atoms with van der Waals surface area (Å²) in [6, 6.07) is -0.643. The molecule has 4 heteroatoms. The van der Waals surface area contributed by atoms with Gasteiger partial charge < -0.3 is 15.5 Å². The first-order valence-corrected chi connectivity index (χ1v) is 13.6. The first-order valence-electron chi connectivity index (χ1n) is 13.6. The smallest absolute Gasteiger partial charge is 0.217 e. The van der Waals surface area contributed by atoms with E-state index in [9.17, 15) is 15.0 Å². The van der Waals surface area contributed by atoms with Gasteiger partial charge in [-0.3, -0.25) is 4.79 Å². The summed E-state index contributed by atoms with van der Waals surface area (Å²) in [5.74, 6) is -0.257. The van der Waals surface area contributed by atoms with Crippen LogP contribution in [-0.4, -0.2) is 34.9 Å². The van der Waals surface area contributed by atoms with E-state index in [0.717, 1.165) is 25.7 Å². The number of hydrogen-bond donors (Lipinski definition) is 3. The van der Waals surface area contributed by atoms with Crippen LogP contribution in [0.25, 0.3) is 0 Å². The average Bonchev–Trinajstić information content (AvgIpc) is 2.80. The molecule has 0 aromatic heterocycles. The molecule has 0 bridgehead atoms. The molecule has 0 radical (unpaired) electrons. The number of aliphatic hydroxyl groups is 2. The van der Waals surface area contributed by atoms with Crippen LogP contribution < -0.4 is 5.32 Å². The zero-order valence-electron chi connectivity index (χ0n) is 21.6. The zero-order chi connectivity index (χ0) is 24.4. The molecular formula is C29H53NO3. The summed E-state index contributed by atoms with van der Waals surface area (Å²) < 4.78 is 0. The monoisotopic (exact) mass is 463 g/mol. The predicted octanol–water partition coefficient (Wildman–Crippen LogP) is 7.16. The van der Waals surface area contributed by atoms with Crippen molar-refractivity contribution in [1.82, 2.24) is 5.32 Å². The Kier molecular flexibility index (Phi) is 24.2. The first-order chi connectivity index (χ1) is 16.1. The minimum atomic E-state index is -0.863. The van der Waals surface area contributed by atoms with E-state index in [1.54, 1.807) is 6.08 Å². The fraction of sp³-hybridized carbons (Fsp3) is 0.759. The quantitative estimate of drug-likeness (QED) is 0.111. The lowest BCUT2D eigenvalue weighted by Crippen LogP contribution is -2.44. The molecule has 0 aliphatic carbocycles. The third-order valence-electron chi connectivity index (χ3n) is 5.89. The molecule has 2 atom stereocenters. The Hall–Kier alpha value is -1.39. The Bertz CT molecular complexity index is 513. The van der Waals surface area contributed by atoms with Crippen molar-refractivity contribution in [2.75, 3.05) is 6.61 Å². The lowest BCUT2D eigenvalue weighted by Gasteiger charge is -2.18. The van der Waals surface area contributed by atoms with Crippen LogP contribution in [0.4, 0.5) is 0 Å². The second-order valence-electron chi connectivity index (χ2n) is 9.18. The van der Waals surface area contributed by atoms with Crippen LogP contribution in [0.2, 0.25) is 0 Å². The molecule has 33 heavy (non-hydrogen) atoms. The van der Waals surface area contributed by atoms with Gasteiger partial charge in [-0.2, -0.15) is 0 Å². The Morgan fingerprint density at radius 2 is 1.12 bits per heavy atom. The molecule has 0 aromatic rings. The Labute approximate surface area is 204 Å². The number of carbonyl (C=O) groups is 1. The van der Waals surface area contributed by atoms with Crippen molar-refractivity contribution in [2.24, 2.45) is 0 Å². The highest BCUT2D eigenvalue weighted by atomic mass is 16.3. The number of unbranched alkanes of at least 4 members (excludes halogenated alkanes) is 14. The van der Waals surface area contributed by atoms with Crippen LogP contribution in [0.5, 0.6) is 0 Å². The van der Waals surface area contributed by atoms with Crippen molar-refractivity contribution in [3.05, 3.63) is 36.5 Å². The van der Waals surface area contributed by atoms with Crippen LogP contribution in [0.3, 0.4) is 0 Å². The Morgan fingerprint density at radius 1 is 0.697 bits per heavy atom. The van der Waals surface area contributed by atoms with Gasteiger partial charge in [-0.15, -0.1) is 0 Å². The lowest BCUT2D eigenvalue weighted by atomic mass is 10.0. The molecule has 4 nitrogen and oxygen atoms in total. The van der Waals surface area contributed by atoms with E-state index in [4.69, 9.17) is 0 Å². The second-order valence-corrected chi connectivity index (χ2v) is 9.18. The molecule has 0 aliphatic heterocycles. The molecule has 0 rings (SSSR count). The van der Waals surface area contributed by atoms with Gasteiger partial charge >= 0.3 is 0 Å². The standard InChI is InChI=1S/C29H53NO3/c1-3-4-5-6-7-8-9-10-11-12-13-14-15-16-17-18-19-20-21-22-23-24-25-29(33)28(26-31)30-27(2)32/h16-17,20-21,24-25,28-29,31,33H,3-15,18-19,22-23,26H2,1-2H3,(H,30,32)/b17-16+,21-20+,25-24+. The van der Waals surface area contributed by atoms with Gasteiger partial charge in [0.2, 0.25) is 5.91 Å². The summed E-state index contributed by atoms with van der Waals surface area (Å²) in [5, 5.41) is 21.7. The number of hydrogen-bond acceptors (Lipinski definition) is 3. The van der Waals surface area contributed by atoms with Gasteiger partial charge in [-0.25, -0.2) is 0 Å². The molecule has 0 aromatic carbocycles. The van der Waals surface area contributed by atoms with Crippen molar-refractivity contribution in [3.63, 3.8) is 0 Å². The van der Waals surface area contributed by atoms with Crippen molar-refractivity contribution in [1.29, 1.82) is 0 Å². The molecule has 192 valence electrons. The summed E-state index contributed by atoms with van der Waals surface area (Å²) in [6.07, 6.45) is 33.7. The molecule has 3 N–H and O–H groups in total. The van der Waals surface area contributed by atoms with E-state index in [1.807, 2.05) is 6.08 Å². The zero-order valence-corrected chi connectivity index (χ0v) is 21.6. The van der Waals surface area contributed by atoms with Gasteiger partial charge in [0.05, 0.1) is 18.8 Å². The van der Waals surface area contributed by atoms with Crippen molar-refractivity contribution >= 4 is 5.91 Å². The maximum absolute atomic E-state index is 11.0. The fourth-order valence-corrected chi connectivity index (χ4v) is 3.83. The number of allylic oxidation sites excluding steroid dienone is 5. The summed E-state index contributed by atoms with van der Waals surface area (Å²) in [6.45, 7) is 3.37. The third kappa shape index (κ3) is 23.6. The van der Waals surface area contributed by atoms with Crippen LogP contribution >= 0.6 is 0 Å².